The molecule has 0 amide bonds. The van der Waals surface area contributed by atoms with Gasteiger partial charge in [0.05, 0.1) is 12.5 Å². The SMILES string of the molecule is NN=Cc1ccc(Cn2ccnc2)cc1. The van der Waals surface area contributed by atoms with Crippen molar-refractivity contribution < 1.29 is 0 Å². The van der Waals surface area contributed by atoms with Crippen molar-refractivity contribution in [3.05, 3.63) is 54.1 Å². The molecule has 15 heavy (non-hydrogen) atoms. The van der Waals surface area contributed by atoms with E-state index in [9.17, 15) is 0 Å². The second-order valence-electron chi connectivity index (χ2n) is 3.25. The van der Waals surface area contributed by atoms with Crippen molar-refractivity contribution in [2.75, 3.05) is 0 Å². The van der Waals surface area contributed by atoms with Gasteiger partial charge >= 0.3 is 0 Å². The molecule has 0 bridgehead atoms. The summed E-state index contributed by atoms with van der Waals surface area (Å²) in [5, 5.41) is 3.47. The number of hydrogen-bond acceptors (Lipinski definition) is 3. The molecule has 0 aliphatic carbocycles. The Balaban J connectivity index is 2.10. The minimum Gasteiger partial charge on any atom is -0.333 e. The van der Waals surface area contributed by atoms with E-state index in [-0.39, 0.29) is 0 Å². The summed E-state index contributed by atoms with van der Waals surface area (Å²) in [7, 11) is 0. The first-order valence-corrected chi connectivity index (χ1v) is 4.66. The maximum Gasteiger partial charge on any atom is 0.0949 e. The highest BCUT2D eigenvalue weighted by molar-refractivity contribution is 5.79. The number of nitrogens with zero attached hydrogens (tertiary/aromatic N) is 3. The Morgan fingerprint density at radius 2 is 2.13 bits per heavy atom. The Bertz CT molecular complexity index is 428. The second-order valence-corrected chi connectivity index (χ2v) is 3.25. The standard InChI is InChI=1S/C11H12N4/c12-14-7-10-1-3-11(4-2-10)8-15-6-5-13-9-15/h1-7,9H,8,12H2. The van der Waals surface area contributed by atoms with E-state index < -0.39 is 0 Å². The molecule has 4 nitrogen and oxygen atoms in total. The van der Waals surface area contributed by atoms with Gasteiger partial charge in [-0.05, 0) is 11.1 Å². The van der Waals surface area contributed by atoms with Gasteiger partial charge in [0, 0.05) is 18.9 Å². The van der Waals surface area contributed by atoms with Crippen molar-refractivity contribution in [1.82, 2.24) is 9.55 Å². The fraction of sp³-hybridized carbons (Fsp3) is 0.0909. The van der Waals surface area contributed by atoms with Crippen LogP contribution in [0.1, 0.15) is 11.1 Å². The minimum absolute atomic E-state index is 0.833. The number of nitrogens with two attached hydrogens (primary N) is 1. The van der Waals surface area contributed by atoms with E-state index in [0.717, 1.165) is 12.1 Å². The topological polar surface area (TPSA) is 56.2 Å². The van der Waals surface area contributed by atoms with Crippen LogP contribution in [-0.4, -0.2) is 15.8 Å². The Labute approximate surface area is 88.1 Å². The monoisotopic (exact) mass is 200 g/mol. The average molecular weight is 200 g/mol. The minimum atomic E-state index is 0.833. The third-order valence-corrected chi connectivity index (χ3v) is 2.13. The molecule has 0 saturated heterocycles. The van der Waals surface area contributed by atoms with Crippen LogP contribution in [0.3, 0.4) is 0 Å². The molecular weight excluding hydrogens is 188 g/mol. The number of aromatic nitrogens is 2. The van der Waals surface area contributed by atoms with Crippen LogP contribution in [0.15, 0.2) is 48.1 Å². The molecule has 0 unspecified atom stereocenters. The van der Waals surface area contributed by atoms with E-state index in [1.165, 1.54) is 5.56 Å². The highest BCUT2D eigenvalue weighted by Gasteiger charge is 1.94. The van der Waals surface area contributed by atoms with Gasteiger partial charge in [-0.25, -0.2) is 4.98 Å². The number of rotatable bonds is 3. The maximum absolute atomic E-state index is 5.07. The first-order valence-electron chi connectivity index (χ1n) is 4.66. The quantitative estimate of drug-likeness (QED) is 0.460. The third kappa shape index (κ3) is 2.43. The summed E-state index contributed by atoms with van der Waals surface area (Å²) in [6.45, 7) is 0.833. The molecule has 0 aliphatic heterocycles. The molecular formula is C11H12N4. The van der Waals surface area contributed by atoms with E-state index in [2.05, 4.69) is 22.2 Å². The molecule has 2 aromatic rings. The van der Waals surface area contributed by atoms with Gasteiger partial charge in [0.1, 0.15) is 0 Å². The molecule has 0 atom stereocenters. The zero-order valence-corrected chi connectivity index (χ0v) is 8.24. The molecule has 2 N–H and O–H groups in total. The average Bonchev–Trinajstić information content (AvgIpc) is 2.74. The van der Waals surface area contributed by atoms with Gasteiger partial charge in [0.25, 0.3) is 0 Å². The Morgan fingerprint density at radius 1 is 1.33 bits per heavy atom. The summed E-state index contributed by atoms with van der Waals surface area (Å²) >= 11 is 0. The molecule has 1 heterocycles. The van der Waals surface area contributed by atoms with Crippen molar-refractivity contribution in [1.29, 1.82) is 0 Å². The molecule has 0 spiro atoms. The number of hydrazone groups is 1. The number of benzene rings is 1. The van der Waals surface area contributed by atoms with Crippen LogP contribution in [0.2, 0.25) is 0 Å². The van der Waals surface area contributed by atoms with Crippen LogP contribution in [0.25, 0.3) is 0 Å². The summed E-state index contributed by atoms with van der Waals surface area (Å²) in [5.74, 6) is 5.07. The van der Waals surface area contributed by atoms with Gasteiger partial charge in [0.2, 0.25) is 0 Å². The zero-order chi connectivity index (χ0) is 10.5. The van der Waals surface area contributed by atoms with E-state index in [1.807, 2.05) is 22.9 Å². The lowest BCUT2D eigenvalue weighted by molar-refractivity contribution is 0.797. The van der Waals surface area contributed by atoms with E-state index in [0.29, 0.717) is 0 Å². The molecule has 0 fully saturated rings. The Kier molecular flexibility index (Phi) is 2.78. The lowest BCUT2D eigenvalue weighted by Gasteiger charge is -2.02. The van der Waals surface area contributed by atoms with E-state index in [1.54, 1.807) is 18.7 Å². The smallest absolute Gasteiger partial charge is 0.0949 e. The van der Waals surface area contributed by atoms with E-state index in [4.69, 9.17) is 5.84 Å². The van der Waals surface area contributed by atoms with Crippen molar-refractivity contribution in [3.8, 4) is 0 Å². The molecule has 0 aliphatic rings. The first-order chi connectivity index (χ1) is 7.38. The Morgan fingerprint density at radius 3 is 2.73 bits per heavy atom. The van der Waals surface area contributed by atoms with Gasteiger partial charge in [-0.1, -0.05) is 24.3 Å². The Hall–Kier alpha value is -2.10. The number of imidazole rings is 1. The van der Waals surface area contributed by atoms with Crippen molar-refractivity contribution in [2.45, 2.75) is 6.54 Å². The third-order valence-electron chi connectivity index (χ3n) is 2.13. The highest BCUT2D eigenvalue weighted by atomic mass is 15.1. The summed E-state index contributed by atoms with van der Waals surface area (Å²) in [6, 6.07) is 8.08. The van der Waals surface area contributed by atoms with Crippen LogP contribution >= 0.6 is 0 Å². The molecule has 0 saturated carbocycles. The summed E-state index contributed by atoms with van der Waals surface area (Å²) < 4.78 is 2.02. The predicted molar refractivity (Wildman–Crippen MR) is 59.6 cm³/mol. The largest absolute Gasteiger partial charge is 0.333 e. The lowest BCUT2D eigenvalue weighted by atomic mass is 10.1. The van der Waals surface area contributed by atoms with Crippen molar-refractivity contribution in [3.63, 3.8) is 0 Å². The normalized spacial score (nSPS) is 10.9. The molecule has 4 heteroatoms. The zero-order valence-electron chi connectivity index (χ0n) is 8.24. The number of hydrogen-bond donors (Lipinski definition) is 1. The highest BCUT2D eigenvalue weighted by Crippen LogP contribution is 2.04. The fourth-order valence-corrected chi connectivity index (χ4v) is 1.39. The second kappa shape index (κ2) is 4.41. The maximum atomic E-state index is 5.07. The molecule has 0 radical (unpaired) electrons. The van der Waals surface area contributed by atoms with Gasteiger partial charge in [-0.2, -0.15) is 5.10 Å². The van der Waals surface area contributed by atoms with Crippen molar-refractivity contribution >= 4 is 6.21 Å². The molecule has 1 aromatic heterocycles. The van der Waals surface area contributed by atoms with Gasteiger partial charge < -0.3 is 10.4 Å². The molecule has 76 valence electrons. The summed E-state index contributed by atoms with van der Waals surface area (Å²) in [5.41, 5.74) is 2.23. The van der Waals surface area contributed by atoms with Gasteiger partial charge in [-0.15, -0.1) is 0 Å². The first kappa shape index (κ1) is 9.45. The molecule has 1 aromatic carbocycles. The summed E-state index contributed by atoms with van der Waals surface area (Å²) in [6.07, 6.45) is 7.14. The predicted octanol–water partition coefficient (Wildman–Crippen LogP) is 1.22. The van der Waals surface area contributed by atoms with Crippen LogP contribution in [0, 0.1) is 0 Å². The van der Waals surface area contributed by atoms with Crippen LogP contribution in [-0.2, 0) is 6.54 Å². The summed E-state index contributed by atoms with van der Waals surface area (Å²) in [4.78, 5) is 3.99. The fourth-order valence-electron chi connectivity index (χ4n) is 1.39. The lowest BCUT2D eigenvalue weighted by Crippen LogP contribution is -1.96. The molecule has 2 rings (SSSR count). The van der Waals surface area contributed by atoms with Gasteiger partial charge in [-0.3, -0.25) is 0 Å². The van der Waals surface area contributed by atoms with Crippen LogP contribution in [0.5, 0.6) is 0 Å². The van der Waals surface area contributed by atoms with E-state index >= 15 is 0 Å². The van der Waals surface area contributed by atoms with Crippen LogP contribution < -0.4 is 5.84 Å². The van der Waals surface area contributed by atoms with Gasteiger partial charge in [0.15, 0.2) is 0 Å². The van der Waals surface area contributed by atoms with Crippen molar-refractivity contribution in [2.24, 2.45) is 10.9 Å². The van der Waals surface area contributed by atoms with Crippen LogP contribution in [0.4, 0.5) is 0 Å².